The standard InChI is InChI=1S/C10H10OS/c1-11-8-5-9-12-10-6-3-2-4-7-10/h2-4,6-7H,8H2,1H3. The van der Waals surface area contributed by atoms with Crippen molar-refractivity contribution < 1.29 is 4.74 Å². The minimum atomic E-state index is 0.500. The van der Waals surface area contributed by atoms with E-state index in [2.05, 4.69) is 11.2 Å². The Morgan fingerprint density at radius 3 is 2.75 bits per heavy atom. The Morgan fingerprint density at radius 2 is 2.08 bits per heavy atom. The van der Waals surface area contributed by atoms with Crippen LogP contribution < -0.4 is 0 Å². The first kappa shape index (κ1) is 9.18. The summed E-state index contributed by atoms with van der Waals surface area (Å²) >= 11 is 1.52. The van der Waals surface area contributed by atoms with Crippen LogP contribution in [0.2, 0.25) is 0 Å². The van der Waals surface area contributed by atoms with E-state index in [4.69, 9.17) is 4.74 Å². The maximum absolute atomic E-state index is 4.79. The molecular formula is C10H10OS. The average Bonchev–Trinajstić information content (AvgIpc) is 2.14. The molecule has 0 bridgehead atoms. The summed E-state index contributed by atoms with van der Waals surface area (Å²) in [5.74, 6) is 2.87. The summed E-state index contributed by atoms with van der Waals surface area (Å²) in [4.78, 5) is 1.17. The molecule has 0 aliphatic heterocycles. The molecule has 0 atom stereocenters. The van der Waals surface area contributed by atoms with Gasteiger partial charge >= 0.3 is 0 Å². The minimum absolute atomic E-state index is 0.500. The summed E-state index contributed by atoms with van der Waals surface area (Å²) in [7, 11) is 1.64. The van der Waals surface area contributed by atoms with Gasteiger partial charge in [0, 0.05) is 12.0 Å². The van der Waals surface area contributed by atoms with Gasteiger partial charge in [-0.25, -0.2) is 0 Å². The smallest absolute Gasteiger partial charge is 0.108 e. The lowest BCUT2D eigenvalue weighted by atomic mass is 10.4. The van der Waals surface area contributed by atoms with Gasteiger partial charge in [0.15, 0.2) is 0 Å². The Bertz CT molecular complexity index is 271. The molecule has 1 rings (SSSR count). The summed E-state index contributed by atoms with van der Waals surface area (Å²) in [6, 6.07) is 10.1. The zero-order chi connectivity index (χ0) is 8.65. The second kappa shape index (κ2) is 5.70. The Balaban J connectivity index is 2.40. The average molecular weight is 178 g/mol. The summed E-state index contributed by atoms with van der Waals surface area (Å²) in [5, 5.41) is 2.94. The van der Waals surface area contributed by atoms with E-state index < -0.39 is 0 Å². The SMILES string of the molecule is COCC#CSc1ccccc1. The molecule has 0 aromatic heterocycles. The van der Waals surface area contributed by atoms with Crippen LogP contribution in [0.3, 0.4) is 0 Å². The predicted octanol–water partition coefficient (Wildman–Crippen LogP) is 2.39. The van der Waals surface area contributed by atoms with Crippen LogP contribution in [0.5, 0.6) is 0 Å². The topological polar surface area (TPSA) is 9.23 Å². The molecule has 0 N–H and O–H groups in total. The fourth-order valence-corrected chi connectivity index (χ4v) is 1.23. The zero-order valence-electron chi connectivity index (χ0n) is 6.91. The first-order valence-corrected chi connectivity index (χ1v) is 4.44. The summed E-state index contributed by atoms with van der Waals surface area (Å²) in [6.45, 7) is 0.500. The highest BCUT2D eigenvalue weighted by Gasteiger charge is 1.84. The molecule has 1 aromatic carbocycles. The third-order valence-corrected chi connectivity index (χ3v) is 1.96. The van der Waals surface area contributed by atoms with Gasteiger partial charge in [-0.2, -0.15) is 0 Å². The van der Waals surface area contributed by atoms with Gasteiger partial charge in [-0.1, -0.05) is 24.1 Å². The number of ether oxygens (including phenoxy) is 1. The molecule has 0 aliphatic rings. The van der Waals surface area contributed by atoms with E-state index in [1.54, 1.807) is 7.11 Å². The summed E-state index contributed by atoms with van der Waals surface area (Å²) < 4.78 is 4.79. The Morgan fingerprint density at radius 1 is 1.33 bits per heavy atom. The summed E-state index contributed by atoms with van der Waals surface area (Å²) in [6.07, 6.45) is 0. The van der Waals surface area contributed by atoms with E-state index in [0.717, 1.165) is 0 Å². The van der Waals surface area contributed by atoms with Gasteiger partial charge in [0.1, 0.15) is 6.61 Å². The van der Waals surface area contributed by atoms with Crippen LogP contribution in [0.4, 0.5) is 0 Å². The van der Waals surface area contributed by atoms with E-state index in [1.807, 2.05) is 30.3 Å². The van der Waals surface area contributed by atoms with Crippen LogP contribution in [-0.4, -0.2) is 13.7 Å². The normalized spacial score (nSPS) is 8.75. The lowest BCUT2D eigenvalue weighted by molar-refractivity contribution is 0.240. The van der Waals surface area contributed by atoms with Crippen molar-refractivity contribution in [3.05, 3.63) is 30.3 Å². The lowest BCUT2D eigenvalue weighted by Crippen LogP contribution is -1.79. The summed E-state index contributed by atoms with van der Waals surface area (Å²) in [5.41, 5.74) is 0. The largest absolute Gasteiger partial charge is 0.372 e. The molecule has 0 saturated heterocycles. The van der Waals surface area contributed by atoms with E-state index in [1.165, 1.54) is 16.7 Å². The lowest BCUT2D eigenvalue weighted by Gasteiger charge is -1.90. The van der Waals surface area contributed by atoms with Gasteiger partial charge < -0.3 is 4.74 Å². The van der Waals surface area contributed by atoms with E-state index in [9.17, 15) is 0 Å². The fraction of sp³-hybridized carbons (Fsp3) is 0.200. The van der Waals surface area contributed by atoms with Crippen molar-refractivity contribution in [1.82, 2.24) is 0 Å². The fourth-order valence-electron chi connectivity index (χ4n) is 0.685. The second-order valence-corrected chi connectivity index (χ2v) is 3.01. The third kappa shape index (κ3) is 3.47. The monoisotopic (exact) mass is 178 g/mol. The van der Waals surface area contributed by atoms with Gasteiger partial charge in [0.25, 0.3) is 0 Å². The molecular weight excluding hydrogens is 168 g/mol. The highest BCUT2D eigenvalue weighted by atomic mass is 32.2. The number of thioether (sulfide) groups is 1. The van der Waals surface area contributed by atoms with Crippen LogP contribution in [0.15, 0.2) is 35.2 Å². The van der Waals surface area contributed by atoms with E-state index in [-0.39, 0.29) is 0 Å². The Hall–Kier alpha value is -0.910. The molecule has 1 aromatic rings. The first-order chi connectivity index (χ1) is 5.93. The Labute approximate surface area is 77.1 Å². The number of hydrogen-bond acceptors (Lipinski definition) is 2. The second-order valence-electron chi connectivity index (χ2n) is 2.13. The minimum Gasteiger partial charge on any atom is -0.372 e. The molecule has 0 unspecified atom stereocenters. The Kier molecular flexibility index (Phi) is 4.36. The molecule has 0 aliphatic carbocycles. The van der Waals surface area contributed by atoms with Gasteiger partial charge in [-0.3, -0.25) is 0 Å². The molecule has 0 fully saturated rings. The van der Waals surface area contributed by atoms with Gasteiger partial charge in [0.05, 0.1) is 0 Å². The van der Waals surface area contributed by atoms with Crippen molar-refractivity contribution in [2.24, 2.45) is 0 Å². The number of hydrogen-bond donors (Lipinski definition) is 0. The van der Waals surface area contributed by atoms with Crippen molar-refractivity contribution in [2.75, 3.05) is 13.7 Å². The van der Waals surface area contributed by atoms with Crippen molar-refractivity contribution in [1.29, 1.82) is 0 Å². The maximum Gasteiger partial charge on any atom is 0.108 e. The van der Waals surface area contributed by atoms with Gasteiger partial charge in [0.2, 0.25) is 0 Å². The quantitative estimate of drug-likeness (QED) is 0.508. The van der Waals surface area contributed by atoms with Crippen LogP contribution in [-0.2, 0) is 4.74 Å². The number of benzene rings is 1. The number of rotatable bonds is 2. The number of methoxy groups -OCH3 is 1. The molecule has 0 heterocycles. The molecule has 1 nitrogen and oxygen atoms in total. The van der Waals surface area contributed by atoms with Crippen LogP contribution in [0.1, 0.15) is 0 Å². The maximum atomic E-state index is 4.79. The first-order valence-electron chi connectivity index (χ1n) is 3.62. The third-order valence-electron chi connectivity index (χ3n) is 1.20. The van der Waals surface area contributed by atoms with Crippen molar-refractivity contribution >= 4 is 11.8 Å². The highest BCUT2D eigenvalue weighted by Crippen LogP contribution is 2.14. The molecule has 62 valence electrons. The van der Waals surface area contributed by atoms with Crippen molar-refractivity contribution in [3.63, 3.8) is 0 Å². The van der Waals surface area contributed by atoms with Crippen LogP contribution in [0, 0.1) is 11.2 Å². The molecule has 0 radical (unpaired) electrons. The van der Waals surface area contributed by atoms with E-state index >= 15 is 0 Å². The van der Waals surface area contributed by atoms with Crippen LogP contribution in [0.25, 0.3) is 0 Å². The van der Waals surface area contributed by atoms with Crippen molar-refractivity contribution in [3.8, 4) is 11.2 Å². The molecule has 0 amide bonds. The zero-order valence-corrected chi connectivity index (χ0v) is 7.73. The molecule has 0 saturated carbocycles. The predicted molar refractivity (Wildman–Crippen MR) is 52.0 cm³/mol. The van der Waals surface area contributed by atoms with Gasteiger partial charge in [-0.05, 0) is 29.1 Å². The molecule has 2 heteroatoms. The van der Waals surface area contributed by atoms with Crippen LogP contribution >= 0.6 is 11.8 Å². The molecule has 0 spiro atoms. The van der Waals surface area contributed by atoms with E-state index in [0.29, 0.717) is 6.61 Å². The molecule has 12 heavy (non-hydrogen) atoms. The highest BCUT2D eigenvalue weighted by molar-refractivity contribution is 8.03. The van der Waals surface area contributed by atoms with Crippen molar-refractivity contribution in [2.45, 2.75) is 4.90 Å². The van der Waals surface area contributed by atoms with Gasteiger partial charge in [-0.15, -0.1) is 0 Å².